The third kappa shape index (κ3) is 3.76. The molecule has 0 saturated carbocycles. The molecule has 3 amide bonds. The number of methoxy groups -OCH3 is 1. The van der Waals surface area contributed by atoms with Gasteiger partial charge in [-0.15, -0.1) is 11.3 Å². The van der Waals surface area contributed by atoms with Crippen LogP contribution in [0.4, 0.5) is 5.69 Å². The number of benzene rings is 1. The van der Waals surface area contributed by atoms with E-state index in [9.17, 15) is 14.4 Å². The molecule has 0 aliphatic carbocycles. The summed E-state index contributed by atoms with van der Waals surface area (Å²) in [6.45, 7) is 0. The molecule has 8 nitrogen and oxygen atoms in total. The number of hydrazine groups is 1. The maximum absolute atomic E-state index is 12.9. The zero-order valence-electron chi connectivity index (χ0n) is 14.2. The number of hydrogen-bond acceptors (Lipinski definition) is 6. The largest absolute Gasteiger partial charge is 0.497 e. The number of nitrogens with zero attached hydrogens (tertiary/aromatic N) is 2. The van der Waals surface area contributed by atoms with E-state index in [1.165, 1.54) is 28.4 Å². The fourth-order valence-corrected chi connectivity index (χ4v) is 3.61. The summed E-state index contributed by atoms with van der Waals surface area (Å²) >= 11 is 6.64. The summed E-state index contributed by atoms with van der Waals surface area (Å²) < 4.78 is 5.11. The first-order valence-electron chi connectivity index (χ1n) is 7.86. The van der Waals surface area contributed by atoms with E-state index in [-0.39, 0.29) is 11.5 Å². The lowest BCUT2D eigenvalue weighted by molar-refractivity contribution is -0.125. The maximum atomic E-state index is 12.9. The number of nitrogens with one attached hydrogen (secondary N) is 1. The van der Waals surface area contributed by atoms with Crippen LogP contribution in [0.5, 0.6) is 5.75 Å². The second-order valence-corrected chi connectivity index (χ2v) is 6.94. The Bertz CT molecular complexity index is 883. The molecule has 1 aliphatic heterocycles. The Balaban J connectivity index is 1.90. The second-order valence-electron chi connectivity index (χ2n) is 5.63. The van der Waals surface area contributed by atoms with E-state index in [0.29, 0.717) is 16.3 Å². The van der Waals surface area contributed by atoms with Crippen molar-refractivity contribution in [2.75, 3.05) is 12.0 Å². The lowest BCUT2D eigenvalue weighted by Gasteiger charge is -2.23. The van der Waals surface area contributed by atoms with Gasteiger partial charge >= 0.3 is 0 Å². The summed E-state index contributed by atoms with van der Waals surface area (Å²) in [7, 11) is 1.53. The van der Waals surface area contributed by atoms with Gasteiger partial charge in [-0.2, -0.15) is 0 Å². The molecular formula is C17H16N4O4S2. The predicted octanol–water partition coefficient (Wildman–Crippen LogP) is 1.28. The highest BCUT2D eigenvalue weighted by molar-refractivity contribution is 7.80. The number of ether oxygens (including phenoxy) is 1. The Hall–Kier alpha value is -2.98. The molecule has 1 aromatic heterocycles. The van der Waals surface area contributed by atoms with E-state index >= 15 is 0 Å². The minimum absolute atomic E-state index is 0.0568. The molecule has 1 fully saturated rings. The maximum Gasteiger partial charge on any atom is 0.279 e. The Morgan fingerprint density at radius 2 is 2.00 bits per heavy atom. The third-order valence-electron chi connectivity index (χ3n) is 3.91. The highest BCUT2D eigenvalue weighted by Gasteiger charge is 2.45. The molecule has 0 spiro atoms. The monoisotopic (exact) mass is 404 g/mol. The Morgan fingerprint density at radius 1 is 1.30 bits per heavy atom. The molecular weight excluding hydrogens is 388 g/mol. The van der Waals surface area contributed by atoms with Crippen molar-refractivity contribution < 1.29 is 19.1 Å². The first kappa shape index (κ1) is 18.8. The summed E-state index contributed by atoms with van der Waals surface area (Å²) in [6, 6.07) is 9.05. The predicted molar refractivity (Wildman–Crippen MR) is 104 cm³/mol. The van der Waals surface area contributed by atoms with Gasteiger partial charge in [-0.05, 0) is 47.9 Å². The van der Waals surface area contributed by atoms with Crippen LogP contribution in [0, 0.1) is 0 Å². The van der Waals surface area contributed by atoms with Crippen LogP contribution in [0.25, 0.3) is 0 Å². The van der Waals surface area contributed by atoms with Crippen LogP contribution in [0.1, 0.15) is 16.1 Å². The highest BCUT2D eigenvalue weighted by Crippen LogP contribution is 2.27. The van der Waals surface area contributed by atoms with Gasteiger partial charge in [-0.1, -0.05) is 6.07 Å². The van der Waals surface area contributed by atoms with Crippen molar-refractivity contribution in [3.8, 4) is 5.75 Å². The van der Waals surface area contributed by atoms with E-state index in [0.717, 1.165) is 0 Å². The first-order chi connectivity index (χ1) is 12.9. The van der Waals surface area contributed by atoms with Crippen molar-refractivity contribution in [1.82, 2.24) is 10.4 Å². The van der Waals surface area contributed by atoms with Crippen LogP contribution >= 0.6 is 23.6 Å². The molecule has 140 valence electrons. The number of anilines is 1. The second kappa shape index (κ2) is 7.72. The van der Waals surface area contributed by atoms with Crippen LogP contribution in [-0.4, -0.2) is 41.0 Å². The van der Waals surface area contributed by atoms with Crippen molar-refractivity contribution in [1.29, 1.82) is 0 Å². The zero-order valence-corrected chi connectivity index (χ0v) is 15.9. The molecule has 27 heavy (non-hydrogen) atoms. The summed E-state index contributed by atoms with van der Waals surface area (Å²) in [4.78, 5) is 38.5. The normalized spacial score (nSPS) is 16.6. The Morgan fingerprint density at radius 3 is 2.56 bits per heavy atom. The number of thiocarbonyl (C=S) groups is 1. The lowest BCUT2D eigenvalue weighted by Crippen LogP contribution is -2.49. The van der Waals surface area contributed by atoms with Crippen LogP contribution in [-0.2, 0) is 9.59 Å². The topological polar surface area (TPSA) is 105 Å². The van der Waals surface area contributed by atoms with E-state index < -0.39 is 23.8 Å². The number of carbonyl (C=O) groups excluding carboxylic acids is 3. The molecule has 3 rings (SSSR count). The van der Waals surface area contributed by atoms with Gasteiger partial charge in [-0.3, -0.25) is 24.7 Å². The molecule has 10 heteroatoms. The first-order valence-corrected chi connectivity index (χ1v) is 9.15. The smallest absolute Gasteiger partial charge is 0.279 e. The quantitative estimate of drug-likeness (QED) is 0.703. The number of hydrogen-bond donors (Lipinski definition) is 2. The van der Waals surface area contributed by atoms with Gasteiger partial charge in [0.1, 0.15) is 11.8 Å². The van der Waals surface area contributed by atoms with Crippen molar-refractivity contribution in [2.45, 2.75) is 12.5 Å². The number of carbonyl (C=O) groups is 3. The summed E-state index contributed by atoms with van der Waals surface area (Å²) in [5.74, 6) is -0.933. The van der Waals surface area contributed by atoms with Crippen molar-refractivity contribution in [3.05, 3.63) is 46.7 Å². The van der Waals surface area contributed by atoms with Gasteiger partial charge in [0, 0.05) is 0 Å². The molecule has 2 heterocycles. The van der Waals surface area contributed by atoms with E-state index in [4.69, 9.17) is 22.7 Å². The molecule has 0 unspecified atom stereocenters. The number of thiophene rings is 1. The lowest BCUT2D eigenvalue weighted by atomic mass is 10.2. The molecule has 1 aliphatic rings. The Labute approximate surface area is 164 Å². The van der Waals surface area contributed by atoms with Gasteiger partial charge in [-0.25, -0.2) is 5.01 Å². The number of amides is 3. The fraction of sp³-hybridized carbons (Fsp3) is 0.176. The van der Waals surface area contributed by atoms with Gasteiger partial charge in [0.2, 0.25) is 11.0 Å². The van der Waals surface area contributed by atoms with Crippen LogP contribution < -0.4 is 20.8 Å². The molecule has 0 bridgehead atoms. The van der Waals surface area contributed by atoms with Crippen molar-refractivity contribution in [3.63, 3.8) is 0 Å². The minimum Gasteiger partial charge on any atom is -0.497 e. The van der Waals surface area contributed by atoms with Gasteiger partial charge < -0.3 is 10.5 Å². The molecule has 1 saturated heterocycles. The molecule has 1 atom stereocenters. The van der Waals surface area contributed by atoms with Gasteiger partial charge in [0.15, 0.2) is 0 Å². The summed E-state index contributed by atoms with van der Waals surface area (Å²) in [6.07, 6.45) is -0.281. The van der Waals surface area contributed by atoms with E-state index in [1.807, 2.05) is 0 Å². The minimum atomic E-state index is -1.01. The summed E-state index contributed by atoms with van der Waals surface area (Å²) in [5.41, 5.74) is 8.38. The average molecular weight is 404 g/mol. The van der Waals surface area contributed by atoms with Crippen molar-refractivity contribution in [2.24, 2.45) is 5.73 Å². The van der Waals surface area contributed by atoms with E-state index in [2.05, 4.69) is 5.43 Å². The standard InChI is InChI=1S/C17H16N4O4S2/c1-25-11-6-4-10(5-7-11)20-16(24)12(9-14(18)22)21(17(20)26)19-15(23)13-3-2-8-27-13/h2-8,12H,9H2,1H3,(H2,18,22)(H,19,23)/t12-/m1/s1. The average Bonchev–Trinajstić information content (AvgIpc) is 3.25. The number of nitrogens with two attached hydrogens (primary N) is 1. The Kier molecular flexibility index (Phi) is 5.38. The summed E-state index contributed by atoms with van der Waals surface area (Å²) in [5, 5.41) is 3.03. The molecule has 0 radical (unpaired) electrons. The molecule has 1 aromatic carbocycles. The van der Waals surface area contributed by atoms with Crippen LogP contribution in [0.3, 0.4) is 0 Å². The molecule has 3 N–H and O–H groups in total. The fourth-order valence-electron chi connectivity index (χ4n) is 2.63. The van der Waals surface area contributed by atoms with Crippen molar-refractivity contribution >= 4 is 52.1 Å². The highest BCUT2D eigenvalue weighted by atomic mass is 32.1. The van der Waals surface area contributed by atoms with Crippen LogP contribution in [0.15, 0.2) is 41.8 Å². The number of rotatable bonds is 6. The number of primary amides is 1. The van der Waals surface area contributed by atoms with Crippen LogP contribution in [0.2, 0.25) is 0 Å². The molecule has 2 aromatic rings. The SMILES string of the molecule is COc1ccc(N2C(=O)[C@@H](CC(N)=O)N(NC(=O)c3cccs3)C2=S)cc1. The third-order valence-corrected chi connectivity index (χ3v) is 5.15. The van der Waals surface area contributed by atoms with Gasteiger partial charge in [0.05, 0.1) is 24.1 Å². The van der Waals surface area contributed by atoms with Gasteiger partial charge in [0.25, 0.3) is 11.8 Å². The van der Waals surface area contributed by atoms with E-state index in [1.54, 1.807) is 41.8 Å². The zero-order chi connectivity index (χ0) is 19.6.